The summed E-state index contributed by atoms with van der Waals surface area (Å²) in [6, 6.07) is -3.53. The molecule has 0 aromatic rings. The van der Waals surface area contributed by atoms with Crippen molar-refractivity contribution in [1.82, 2.24) is 4.90 Å². The minimum absolute atomic E-state index is 0.0262. The third-order valence-electron chi connectivity index (χ3n) is 2.50. The number of nitrogens with zero attached hydrogens (tertiary/aromatic N) is 1. The van der Waals surface area contributed by atoms with Gasteiger partial charge in [0.2, 0.25) is 0 Å². The van der Waals surface area contributed by atoms with E-state index in [1.165, 1.54) is 6.92 Å². The van der Waals surface area contributed by atoms with E-state index in [0.717, 1.165) is 14.0 Å². The van der Waals surface area contributed by atoms with Crippen molar-refractivity contribution in [2.45, 2.75) is 38.5 Å². The standard InChI is InChI=1S/C10H16F3NO4/c1-4-18-8(15)5-7(10(11,12)13)14(3)6(2)9(16)17/h6-7H,4-5H2,1-3H3,(H,16,17). The van der Waals surface area contributed by atoms with Crippen LogP contribution in [-0.2, 0) is 14.3 Å². The van der Waals surface area contributed by atoms with Crippen molar-refractivity contribution in [3.63, 3.8) is 0 Å². The van der Waals surface area contributed by atoms with E-state index in [0.29, 0.717) is 4.90 Å². The number of hydrogen-bond donors (Lipinski definition) is 1. The zero-order chi connectivity index (χ0) is 14.5. The van der Waals surface area contributed by atoms with E-state index in [9.17, 15) is 22.8 Å². The Morgan fingerprint density at radius 1 is 1.39 bits per heavy atom. The minimum Gasteiger partial charge on any atom is -0.480 e. The number of aliphatic carboxylic acids is 1. The van der Waals surface area contributed by atoms with Gasteiger partial charge in [-0.25, -0.2) is 0 Å². The molecule has 0 heterocycles. The molecule has 1 N–H and O–H groups in total. The number of carboxylic acid groups (broad SMARTS) is 1. The number of hydrogen-bond acceptors (Lipinski definition) is 4. The molecule has 2 atom stereocenters. The Labute approximate surface area is 103 Å². The van der Waals surface area contributed by atoms with Crippen molar-refractivity contribution >= 4 is 11.9 Å². The van der Waals surface area contributed by atoms with Crippen LogP contribution in [0, 0.1) is 0 Å². The first kappa shape index (κ1) is 16.7. The van der Waals surface area contributed by atoms with Crippen molar-refractivity contribution in [2.24, 2.45) is 0 Å². The van der Waals surface area contributed by atoms with Crippen LogP contribution in [0.1, 0.15) is 20.3 Å². The topological polar surface area (TPSA) is 66.8 Å². The van der Waals surface area contributed by atoms with Gasteiger partial charge in [-0.1, -0.05) is 0 Å². The molecule has 0 aromatic carbocycles. The second-order valence-corrected chi connectivity index (χ2v) is 3.75. The van der Waals surface area contributed by atoms with Crippen LogP contribution in [0.2, 0.25) is 0 Å². The van der Waals surface area contributed by atoms with Gasteiger partial charge in [0.15, 0.2) is 0 Å². The van der Waals surface area contributed by atoms with Gasteiger partial charge in [-0.3, -0.25) is 14.5 Å². The monoisotopic (exact) mass is 271 g/mol. The second kappa shape index (κ2) is 6.58. The van der Waals surface area contributed by atoms with Gasteiger partial charge in [0.05, 0.1) is 13.0 Å². The molecule has 8 heteroatoms. The SMILES string of the molecule is CCOC(=O)CC(N(C)C(C)C(=O)O)C(F)(F)F. The summed E-state index contributed by atoms with van der Waals surface area (Å²) < 4.78 is 42.7. The smallest absolute Gasteiger partial charge is 0.404 e. The molecule has 18 heavy (non-hydrogen) atoms. The molecule has 0 saturated heterocycles. The Bertz CT molecular complexity index is 306. The van der Waals surface area contributed by atoms with E-state index in [1.807, 2.05) is 0 Å². The number of alkyl halides is 3. The first-order chi connectivity index (χ1) is 8.11. The summed E-state index contributed by atoms with van der Waals surface area (Å²) in [7, 11) is 1.01. The first-order valence-electron chi connectivity index (χ1n) is 5.28. The van der Waals surface area contributed by atoms with Gasteiger partial charge >= 0.3 is 18.1 Å². The predicted molar refractivity (Wildman–Crippen MR) is 56.0 cm³/mol. The summed E-state index contributed by atoms with van der Waals surface area (Å²) in [5, 5.41) is 8.68. The average Bonchev–Trinajstić information content (AvgIpc) is 2.22. The summed E-state index contributed by atoms with van der Waals surface area (Å²) in [4.78, 5) is 22.4. The van der Waals surface area contributed by atoms with Gasteiger partial charge in [-0.2, -0.15) is 13.2 Å². The lowest BCUT2D eigenvalue weighted by Gasteiger charge is -2.31. The number of halogens is 3. The number of likely N-dealkylation sites (N-methyl/N-ethyl adjacent to an activating group) is 1. The highest BCUT2D eigenvalue weighted by Gasteiger charge is 2.46. The van der Waals surface area contributed by atoms with Crippen LogP contribution in [-0.4, -0.2) is 53.9 Å². The summed E-state index contributed by atoms with van der Waals surface area (Å²) >= 11 is 0. The number of carbonyl (C=O) groups excluding carboxylic acids is 1. The lowest BCUT2D eigenvalue weighted by molar-refractivity contribution is -0.195. The summed E-state index contributed by atoms with van der Waals surface area (Å²) in [5.74, 6) is -2.40. The summed E-state index contributed by atoms with van der Waals surface area (Å²) in [5.41, 5.74) is 0. The fourth-order valence-corrected chi connectivity index (χ4v) is 1.31. The van der Waals surface area contributed by atoms with Crippen LogP contribution in [0.5, 0.6) is 0 Å². The molecule has 0 aliphatic heterocycles. The summed E-state index contributed by atoms with van der Waals surface area (Å²) in [6.45, 7) is 2.57. The minimum atomic E-state index is -4.70. The van der Waals surface area contributed by atoms with Crippen LogP contribution in [0.15, 0.2) is 0 Å². The maximum Gasteiger partial charge on any atom is 0.404 e. The Morgan fingerprint density at radius 2 is 1.89 bits per heavy atom. The molecule has 0 amide bonds. The van der Waals surface area contributed by atoms with Gasteiger partial charge in [-0.05, 0) is 20.9 Å². The largest absolute Gasteiger partial charge is 0.480 e. The fraction of sp³-hybridized carbons (Fsp3) is 0.800. The number of esters is 1. The van der Waals surface area contributed by atoms with Gasteiger partial charge in [0.25, 0.3) is 0 Å². The van der Waals surface area contributed by atoms with Crippen molar-refractivity contribution in [3.8, 4) is 0 Å². The molecule has 0 aliphatic carbocycles. The molecule has 0 spiro atoms. The molecule has 0 fully saturated rings. The zero-order valence-corrected chi connectivity index (χ0v) is 10.3. The lowest BCUT2D eigenvalue weighted by atomic mass is 10.1. The molecule has 0 rings (SSSR count). The second-order valence-electron chi connectivity index (χ2n) is 3.75. The molecule has 0 saturated carbocycles. The van der Waals surface area contributed by atoms with Gasteiger partial charge in [0, 0.05) is 0 Å². The maximum atomic E-state index is 12.8. The Balaban J connectivity index is 4.90. The normalized spacial score (nSPS) is 15.3. The molecule has 0 aliphatic rings. The molecule has 2 unspecified atom stereocenters. The van der Waals surface area contributed by atoms with E-state index >= 15 is 0 Å². The molecule has 106 valence electrons. The Kier molecular flexibility index (Phi) is 6.10. The van der Waals surface area contributed by atoms with Crippen LogP contribution >= 0.6 is 0 Å². The quantitative estimate of drug-likeness (QED) is 0.737. The van der Waals surface area contributed by atoms with Crippen molar-refractivity contribution in [3.05, 3.63) is 0 Å². The van der Waals surface area contributed by atoms with E-state index in [4.69, 9.17) is 5.11 Å². The van der Waals surface area contributed by atoms with E-state index in [2.05, 4.69) is 4.74 Å². The van der Waals surface area contributed by atoms with Crippen LogP contribution in [0.25, 0.3) is 0 Å². The van der Waals surface area contributed by atoms with Crippen LogP contribution in [0.4, 0.5) is 13.2 Å². The molecule has 5 nitrogen and oxygen atoms in total. The van der Waals surface area contributed by atoms with Crippen LogP contribution < -0.4 is 0 Å². The van der Waals surface area contributed by atoms with Crippen LogP contribution in [0.3, 0.4) is 0 Å². The number of rotatable bonds is 6. The number of ether oxygens (including phenoxy) is 1. The molecular formula is C10H16F3NO4. The van der Waals surface area contributed by atoms with E-state index in [1.54, 1.807) is 0 Å². The van der Waals surface area contributed by atoms with E-state index in [-0.39, 0.29) is 6.61 Å². The Morgan fingerprint density at radius 3 is 2.22 bits per heavy atom. The zero-order valence-electron chi connectivity index (χ0n) is 10.3. The highest BCUT2D eigenvalue weighted by molar-refractivity contribution is 5.73. The maximum absolute atomic E-state index is 12.8. The molecule has 0 aromatic heterocycles. The van der Waals surface area contributed by atoms with Crippen molar-refractivity contribution in [2.75, 3.05) is 13.7 Å². The third-order valence-corrected chi connectivity index (χ3v) is 2.50. The third kappa shape index (κ3) is 4.91. The van der Waals surface area contributed by atoms with Crippen molar-refractivity contribution < 1.29 is 32.6 Å². The van der Waals surface area contributed by atoms with Crippen molar-refractivity contribution in [1.29, 1.82) is 0 Å². The average molecular weight is 271 g/mol. The lowest BCUT2D eigenvalue weighted by Crippen LogP contribution is -2.51. The molecular weight excluding hydrogens is 255 g/mol. The Hall–Kier alpha value is -1.31. The number of carbonyl (C=O) groups is 2. The highest BCUT2D eigenvalue weighted by Crippen LogP contribution is 2.28. The predicted octanol–water partition coefficient (Wildman–Crippen LogP) is 1.28. The fourth-order valence-electron chi connectivity index (χ4n) is 1.31. The van der Waals surface area contributed by atoms with E-state index < -0.39 is 36.6 Å². The van der Waals surface area contributed by atoms with Gasteiger partial charge in [0.1, 0.15) is 12.1 Å². The summed E-state index contributed by atoms with van der Waals surface area (Å²) in [6.07, 6.45) is -5.63. The number of carboxylic acids is 1. The molecule has 0 radical (unpaired) electrons. The first-order valence-corrected chi connectivity index (χ1v) is 5.28. The highest BCUT2D eigenvalue weighted by atomic mass is 19.4. The van der Waals surface area contributed by atoms with Gasteiger partial charge < -0.3 is 9.84 Å². The van der Waals surface area contributed by atoms with Gasteiger partial charge in [-0.15, -0.1) is 0 Å². The molecule has 0 bridgehead atoms.